The van der Waals surface area contributed by atoms with Crippen molar-refractivity contribution in [2.45, 2.75) is 31.2 Å². The van der Waals surface area contributed by atoms with Gasteiger partial charge in [0.25, 0.3) is 0 Å². The van der Waals surface area contributed by atoms with Crippen molar-refractivity contribution in [2.24, 2.45) is 0 Å². The minimum Gasteiger partial charge on any atom is -0.352 e. The second-order valence-corrected chi connectivity index (χ2v) is 6.20. The van der Waals surface area contributed by atoms with Crippen LogP contribution in [0.5, 0.6) is 0 Å². The number of hydrogen-bond acceptors (Lipinski definition) is 2. The molecule has 2 amide bonds. The highest BCUT2D eigenvalue weighted by molar-refractivity contribution is 5.85. The van der Waals surface area contributed by atoms with Crippen LogP contribution < -0.4 is 10.6 Å². The summed E-state index contributed by atoms with van der Waals surface area (Å²) in [5.41, 5.74) is 2.20. The maximum absolute atomic E-state index is 12.3. The number of carbonyl (C=O) groups excluding carboxylic acids is 2. The zero-order valence-electron chi connectivity index (χ0n) is 13.6. The second-order valence-electron chi connectivity index (χ2n) is 6.20. The fourth-order valence-electron chi connectivity index (χ4n) is 2.74. The summed E-state index contributed by atoms with van der Waals surface area (Å²) in [5.74, 6) is -0.237. The maximum atomic E-state index is 12.3. The van der Waals surface area contributed by atoms with E-state index in [2.05, 4.69) is 10.6 Å². The first-order valence-electron chi connectivity index (χ1n) is 8.38. The zero-order chi connectivity index (χ0) is 16.8. The highest BCUT2D eigenvalue weighted by Crippen LogP contribution is 2.27. The summed E-state index contributed by atoms with van der Waals surface area (Å²) >= 11 is 0. The molecule has 0 saturated heterocycles. The standard InChI is InChI=1S/C20H22N2O2/c23-19(21-14-20(24)22-17-11-12-17)13-18(15-7-3-1-4-8-15)16-9-5-2-6-10-16/h1-10,17-18H,11-14H2,(H,21,23)(H,22,24). The minimum atomic E-state index is -0.112. The van der Waals surface area contributed by atoms with E-state index in [1.807, 2.05) is 60.7 Å². The summed E-state index contributed by atoms with van der Waals surface area (Å²) in [4.78, 5) is 24.0. The Morgan fingerprint density at radius 2 is 1.42 bits per heavy atom. The predicted octanol–water partition coefficient (Wildman–Crippen LogP) is 2.60. The molecule has 1 aliphatic rings. The fourth-order valence-corrected chi connectivity index (χ4v) is 2.74. The molecule has 0 heterocycles. The fraction of sp³-hybridized carbons (Fsp3) is 0.300. The Hall–Kier alpha value is -2.62. The normalized spacial score (nSPS) is 13.5. The highest BCUT2D eigenvalue weighted by Gasteiger charge is 2.23. The molecule has 2 N–H and O–H groups in total. The van der Waals surface area contributed by atoms with E-state index in [0.717, 1.165) is 24.0 Å². The lowest BCUT2D eigenvalue weighted by atomic mass is 9.88. The van der Waals surface area contributed by atoms with Gasteiger partial charge in [-0.05, 0) is 24.0 Å². The third kappa shape index (κ3) is 4.69. The average molecular weight is 322 g/mol. The summed E-state index contributed by atoms with van der Waals surface area (Å²) in [6.07, 6.45) is 2.41. The van der Waals surface area contributed by atoms with Crippen LogP contribution in [0.2, 0.25) is 0 Å². The molecule has 2 aromatic carbocycles. The molecule has 2 aromatic rings. The summed E-state index contributed by atoms with van der Waals surface area (Å²) < 4.78 is 0. The molecule has 0 aromatic heterocycles. The molecule has 1 fully saturated rings. The van der Waals surface area contributed by atoms with Crippen LogP contribution in [0, 0.1) is 0 Å². The number of rotatable bonds is 7. The van der Waals surface area contributed by atoms with Crippen LogP contribution in [0.1, 0.15) is 36.3 Å². The smallest absolute Gasteiger partial charge is 0.239 e. The van der Waals surface area contributed by atoms with E-state index in [1.165, 1.54) is 0 Å². The van der Waals surface area contributed by atoms with Crippen molar-refractivity contribution in [3.63, 3.8) is 0 Å². The molecule has 1 saturated carbocycles. The van der Waals surface area contributed by atoms with Crippen molar-refractivity contribution in [3.05, 3.63) is 71.8 Å². The van der Waals surface area contributed by atoms with Crippen molar-refractivity contribution < 1.29 is 9.59 Å². The Morgan fingerprint density at radius 3 is 1.92 bits per heavy atom. The zero-order valence-corrected chi connectivity index (χ0v) is 13.6. The van der Waals surface area contributed by atoms with Crippen LogP contribution in [-0.4, -0.2) is 24.4 Å². The third-order valence-corrected chi connectivity index (χ3v) is 4.18. The van der Waals surface area contributed by atoms with E-state index in [1.54, 1.807) is 0 Å². The van der Waals surface area contributed by atoms with E-state index in [-0.39, 0.29) is 24.3 Å². The van der Waals surface area contributed by atoms with Crippen LogP contribution in [0.15, 0.2) is 60.7 Å². The van der Waals surface area contributed by atoms with Gasteiger partial charge in [0.2, 0.25) is 11.8 Å². The Kier molecular flexibility index (Phi) is 5.26. The molecule has 4 nitrogen and oxygen atoms in total. The minimum absolute atomic E-state index is 0.0149. The molecule has 0 radical (unpaired) electrons. The van der Waals surface area contributed by atoms with Gasteiger partial charge in [-0.2, -0.15) is 0 Å². The number of nitrogens with one attached hydrogen (secondary N) is 2. The van der Waals surface area contributed by atoms with Gasteiger partial charge in [-0.1, -0.05) is 60.7 Å². The van der Waals surface area contributed by atoms with E-state index >= 15 is 0 Å². The predicted molar refractivity (Wildman–Crippen MR) is 93.5 cm³/mol. The number of hydrogen-bond donors (Lipinski definition) is 2. The molecular weight excluding hydrogens is 300 g/mol. The lowest BCUT2D eigenvalue weighted by Gasteiger charge is -2.18. The van der Waals surface area contributed by atoms with Gasteiger partial charge in [-0.3, -0.25) is 9.59 Å². The first-order valence-corrected chi connectivity index (χ1v) is 8.38. The average Bonchev–Trinajstić information content (AvgIpc) is 3.43. The molecule has 24 heavy (non-hydrogen) atoms. The number of benzene rings is 2. The van der Waals surface area contributed by atoms with Gasteiger partial charge in [0, 0.05) is 18.4 Å². The maximum Gasteiger partial charge on any atom is 0.239 e. The Bertz CT molecular complexity index is 642. The van der Waals surface area contributed by atoms with Crippen LogP contribution >= 0.6 is 0 Å². The van der Waals surface area contributed by atoms with Crippen molar-refractivity contribution >= 4 is 11.8 Å². The van der Waals surface area contributed by atoms with Gasteiger partial charge >= 0.3 is 0 Å². The molecule has 0 spiro atoms. The van der Waals surface area contributed by atoms with Crippen LogP contribution in [0.25, 0.3) is 0 Å². The van der Waals surface area contributed by atoms with Gasteiger partial charge in [0.15, 0.2) is 0 Å². The number of carbonyl (C=O) groups is 2. The van der Waals surface area contributed by atoms with Crippen molar-refractivity contribution in [2.75, 3.05) is 6.54 Å². The molecular formula is C20H22N2O2. The van der Waals surface area contributed by atoms with Gasteiger partial charge < -0.3 is 10.6 Å². The molecule has 0 aliphatic heterocycles. The SMILES string of the molecule is O=C(CC(c1ccccc1)c1ccccc1)NCC(=O)NC1CC1. The lowest BCUT2D eigenvalue weighted by Crippen LogP contribution is -2.38. The summed E-state index contributed by atoms with van der Waals surface area (Å²) in [6, 6.07) is 20.3. The first kappa shape index (κ1) is 16.2. The molecule has 3 rings (SSSR count). The largest absolute Gasteiger partial charge is 0.352 e. The molecule has 1 aliphatic carbocycles. The van der Waals surface area contributed by atoms with Crippen molar-refractivity contribution in [3.8, 4) is 0 Å². The Morgan fingerprint density at radius 1 is 0.875 bits per heavy atom. The van der Waals surface area contributed by atoms with Crippen LogP contribution in [0.3, 0.4) is 0 Å². The van der Waals surface area contributed by atoms with Gasteiger partial charge in [0.05, 0.1) is 6.54 Å². The van der Waals surface area contributed by atoms with Crippen molar-refractivity contribution in [1.29, 1.82) is 0 Å². The summed E-state index contributed by atoms with van der Waals surface area (Å²) in [5, 5.41) is 5.61. The first-order chi connectivity index (χ1) is 11.7. The quantitative estimate of drug-likeness (QED) is 0.823. The molecule has 0 unspecified atom stereocenters. The van der Waals surface area contributed by atoms with Crippen molar-refractivity contribution in [1.82, 2.24) is 10.6 Å². The van der Waals surface area contributed by atoms with Gasteiger partial charge in [-0.25, -0.2) is 0 Å². The summed E-state index contributed by atoms with van der Waals surface area (Å²) in [7, 11) is 0. The van der Waals surface area contributed by atoms with Crippen LogP contribution in [-0.2, 0) is 9.59 Å². The second kappa shape index (κ2) is 7.77. The monoisotopic (exact) mass is 322 g/mol. The van der Waals surface area contributed by atoms with Crippen LogP contribution in [0.4, 0.5) is 0 Å². The van der Waals surface area contributed by atoms with E-state index in [9.17, 15) is 9.59 Å². The number of amides is 2. The molecule has 124 valence electrons. The highest BCUT2D eigenvalue weighted by atomic mass is 16.2. The van der Waals surface area contributed by atoms with E-state index < -0.39 is 0 Å². The van der Waals surface area contributed by atoms with E-state index in [4.69, 9.17) is 0 Å². The van der Waals surface area contributed by atoms with E-state index in [0.29, 0.717) is 12.5 Å². The molecule has 0 atom stereocenters. The Balaban J connectivity index is 1.63. The van der Waals surface area contributed by atoms with Gasteiger partial charge in [0.1, 0.15) is 0 Å². The lowest BCUT2D eigenvalue weighted by molar-refractivity contribution is -0.126. The third-order valence-electron chi connectivity index (χ3n) is 4.18. The summed E-state index contributed by atoms with van der Waals surface area (Å²) in [6.45, 7) is 0.0473. The molecule has 4 heteroatoms. The Labute approximate surface area is 142 Å². The topological polar surface area (TPSA) is 58.2 Å². The molecule has 0 bridgehead atoms. The van der Waals surface area contributed by atoms with Gasteiger partial charge in [-0.15, -0.1) is 0 Å².